The molecule has 0 bridgehead atoms. The van der Waals surface area contributed by atoms with Crippen molar-refractivity contribution >= 4 is 29.6 Å². The van der Waals surface area contributed by atoms with E-state index in [0.717, 1.165) is 19.6 Å². The summed E-state index contributed by atoms with van der Waals surface area (Å²) >= 11 is 1.91. The minimum absolute atomic E-state index is 0.272. The molecule has 0 spiro atoms. The van der Waals surface area contributed by atoms with Gasteiger partial charge in [-0.05, 0) is 32.9 Å². The third kappa shape index (κ3) is 3.40. The molecule has 1 aromatic rings. The van der Waals surface area contributed by atoms with Gasteiger partial charge >= 0.3 is 0 Å². The Morgan fingerprint density at radius 3 is 2.47 bits per heavy atom. The Morgan fingerprint density at radius 2 is 1.95 bits per heavy atom. The van der Waals surface area contributed by atoms with Gasteiger partial charge in [0.25, 0.3) is 0 Å². The van der Waals surface area contributed by atoms with Crippen LogP contribution in [0.5, 0.6) is 0 Å². The number of hydrogen-bond donors (Lipinski definition) is 2. The van der Waals surface area contributed by atoms with Crippen molar-refractivity contribution in [3.63, 3.8) is 0 Å². The molecule has 19 heavy (non-hydrogen) atoms. The molecule has 0 aromatic carbocycles. The van der Waals surface area contributed by atoms with Crippen molar-refractivity contribution in [2.24, 2.45) is 0 Å². The Morgan fingerprint density at radius 1 is 1.26 bits per heavy atom. The number of nitrogens with two attached hydrogens (primary N) is 1. The van der Waals surface area contributed by atoms with E-state index in [2.05, 4.69) is 45.3 Å². The van der Waals surface area contributed by atoms with Gasteiger partial charge in [-0.25, -0.2) is 0 Å². The summed E-state index contributed by atoms with van der Waals surface area (Å²) in [7, 11) is 0. The minimum Gasteiger partial charge on any atom is -0.368 e. The lowest BCUT2D eigenvalue weighted by Crippen LogP contribution is -2.26. The largest absolute Gasteiger partial charge is 0.368 e. The molecule has 6 nitrogen and oxygen atoms in total. The summed E-state index contributed by atoms with van der Waals surface area (Å²) in [6.45, 7) is 6.74. The van der Waals surface area contributed by atoms with Crippen LogP contribution in [0.4, 0.5) is 17.8 Å². The molecule has 0 saturated heterocycles. The van der Waals surface area contributed by atoms with E-state index in [-0.39, 0.29) is 5.95 Å². The van der Waals surface area contributed by atoms with Crippen LogP contribution in [0.25, 0.3) is 0 Å². The van der Waals surface area contributed by atoms with Crippen LogP contribution in [0.2, 0.25) is 0 Å². The Labute approximate surface area is 118 Å². The van der Waals surface area contributed by atoms with E-state index in [1.807, 2.05) is 11.8 Å². The molecule has 1 fully saturated rings. The number of nitrogens with one attached hydrogen (secondary N) is 1. The molecular formula is C12H22N6S. The molecule has 1 heterocycles. The van der Waals surface area contributed by atoms with Gasteiger partial charge in [0.15, 0.2) is 0 Å². The molecule has 1 saturated carbocycles. The zero-order valence-corrected chi connectivity index (χ0v) is 12.6. The third-order valence-corrected chi connectivity index (χ3v) is 4.92. The fraction of sp³-hybridized carbons (Fsp3) is 0.750. The quantitative estimate of drug-likeness (QED) is 0.786. The molecule has 1 aliphatic rings. The zero-order chi connectivity index (χ0) is 13.9. The molecule has 0 aliphatic heterocycles. The standard InChI is InChI=1S/C12H22N6S/c1-4-18(5-2)11-16-9(13)15-10(17-11)14-8-12(19-3)6-7-12/h4-8H2,1-3H3,(H3,13,14,15,16,17). The Bertz CT molecular complexity index is 430. The van der Waals surface area contributed by atoms with Crippen molar-refractivity contribution in [2.75, 3.05) is 41.8 Å². The first-order valence-corrected chi connectivity index (χ1v) is 7.90. The SMILES string of the molecule is CCN(CC)c1nc(N)nc(NCC2(SC)CC2)n1. The molecular weight excluding hydrogens is 260 g/mol. The van der Waals surface area contributed by atoms with Gasteiger partial charge in [-0.1, -0.05) is 0 Å². The maximum atomic E-state index is 5.76. The lowest BCUT2D eigenvalue weighted by Gasteiger charge is -2.19. The van der Waals surface area contributed by atoms with Crippen molar-refractivity contribution < 1.29 is 0 Å². The second-order valence-corrected chi connectivity index (χ2v) is 6.00. The average Bonchev–Trinajstić information content (AvgIpc) is 3.18. The van der Waals surface area contributed by atoms with Gasteiger partial charge in [0.05, 0.1) is 0 Å². The van der Waals surface area contributed by atoms with E-state index >= 15 is 0 Å². The van der Waals surface area contributed by atoms with Crippen molar-refractivity contribution in [3.8, 4) is 0 Å². The average molecular weight is 282 g/mol. The van der Waals surface area contributed by atoms with Crippen molar-refractivity contribution in [2.45, 2.75) is 31.4 Å². The smallest absolute Gasteiger partial charge is 0.231 e. The maximum absolute atomic E-state index is 5.76. The number of nitrogen functional groups attached to an aromatic ring is 1. The van der Waals surface area contributed by atoms with Crippen molar-refractivity contribution in [1.29, 1.82) is 0 Å². The van der Waals surface area contributed by atoms with Crippen LogP contribution in [-0.2, 0) is 0 Å². The summed E-state index contributed by atoms with van der Waals surface area (Å²) in [5.41, 5.74) is 5.76. The Kier molecular flexibility index (Phi) is 4.34. The van der Waals surface area contributed by atoms with E-state index < -0.39 is 0 Å². The normalized spacial score (nSPS) is 16.2. The minimum atomic E-state index is 0.272. The molecule has 0 atom stereocenters. The fourth-order valence-corrected chi connectivity index (χ4v) is 2.67. The van der Waals surface area contributed by atoms with Gasteiger partial charge in [-0.15, -0.1) is 0 Å². The summed E-state index contributed by atoms with van der Waals surface area (Å²) in [5, 5.41) is 3.29. The van der Waals surface area contributed by atoms with Crippen LogP contribution in [0.3, 0.4) is 0 Å². The number of nitrogens with zero attached hydrogens (tertiary/aromatic N) is 4. The second kappa shape index (κ2) is 5.81. The number of anilines is 3. The highest BCUT2D eigenvalue weighted by Crippen LogP contribution is 2.46. The first-order chi connectivity index (χ1) is 9.12. The van der Waals surface area contributed by atoms with Gasteiger partial charge in [0.1, 0.15) is 0 Å². The van der Waals surface area contributed by atoms with E-state index in [0.29, 0.717) is 16.6 Å². The first kappa shape index (κ1) is 14.2. The maximum Gasteiger partial charge on any atom is 0.231 e. The summed E-state index contributed by atoms with van der Waals surface area (Å²) in [5.74, 6) is 1.50. The summed E-state index contributed by atoms with van der Waals surface area (Å²) in [4.78, 5) is 14.9. The van der Waals surface area contributed by atoms with Crippen LogP contribution >= 0.6 is 11.8 Å². The lowest BCUT2D eigenvalue weighted by molar-refractivity contribution is 0.811. The molecule has 3 N–H and O–H groups in total. The predicted octanol–water partition coefficient (Wildman–Crippen LogP) is 1.61. The summed E-state index contributed by atoms with van der Waals surface area (Å²) in [6.07, 6.45) is 4.66. The predicted molar refractivity (Wildman–Crippen MR) is 81.8 cm³/mol. The van der Waals surface area contributed by atoms with Crippen molar-refractivity contribution in [1.82, 2.24) is 15.0 Å². The first-order valence-electron chi connectivity index (χ1n) is 6.68. The van der Waals surface area contributed by atoms with Crippen LogP contribution in [0, 0.1) is 0 Å². The van der Waals surface area contributed by atoms with Gasteiger partial charge in [0.2, 0.25) is 17.8 Å². The second-order valence-electron chi connectivity index (χ2n) is 4.73. The number of rotatable bonds is 7. The van der Waals surface area contributed by atoms with Gasteiger partial charge in [0, 0.05) is 24.4 Å². The van der Waals surface area contributed by atoms with Crippen LogP contribution in [0.15, 0.2) is 0 Å². The van der Waals surface area contributed by atoms with Gasteiger partial charge < -0.3 is 16.0 Å². The summed E-state index contributed by atoms with van der Waals surface area (Å²) < 4.78 is 0.372. The molecule has 2 rings (SSSR count). The highest BCUT2D eigenvalue weighted by atomic mass is 32.2. The molecule has 0 radical (unpaired) electrons. The van der Waals surface area contributed by atoms with E-state index in [1.165, 1.54) is 12.8 Å². The van der Waals surface area contributed by atoms with Crippen LogP contribution in [0.1, 0.15) is 26.7 Å². The zero-order valence-electron chi connectivity index (χ0n) is 11.8. The molecule has 1 aromatic heterocycles. The van der Waals surface area contributed by atoms with E-state index in [1.54, 1.807) is 0 Å². The number of aromatic nitrogens is 3. The van der Waals surface area contributed by atoms with Gasteiger partial charge in [-0.3, -0.25) is 0 Å². The monoisotopic (exact) mass is 282 g/mol. The van der Waals surface area contributed by atoms with Gasteiger partial charge in [-0.2, -0.15) is 26.7 Å². The van der Waals surface area contributed by atoms with Crippen LogP contribution < -0.4 is 16.0 Å². The van der Waals surface area contributed by atoms with Crippen molar-refractivity contribution in [3.05, 3.63) is 0 Å². The highest BCUT2D eigenvalue weighted by molar-refractivity contribution is 8.00. The third-order valence-electron chi connectivity index (χ3n) is 3.50. The molecule has 0 amide bonds. The number of hydrogen-bond acceptors (Lipinski definition) is 7. The Balaban J connectivity index is 2.08. The fourth-order valence-electron chi connectivity index (χ4n) is 1.94. The van der Waals surface area contributed by atoms with Crippen LogP contribution in [-0.4, -0.2) is 45.6 Å². The van der Waals surface area contributed by atoms with E-state index in [4.69, 9.17) is 5.73 Å². The molecule has 0 unspecified atom stereocenters. The molecule has 106 valence electrons. The highest BCUT2D eigenvalue weighted by Gasteiger charge is 2.41. The molecule has 1 aliphatic carbocycles. The van der Waals surface area contributed by atoms with E-state index in [9.17, 15) is 0 Å². The molecule has 7 heteroatoms. The Hall–Kier alpha value is -1.24. The summed E-state index contributed by atoms with van der Waals surface area (Å²) in [6, 6.07) is 0. The topological polar surface area (TPSA) is 80.0 Å². The lowest BCUT2D eigenvalue weighted by atomic mass is 10.4. The number of thioether (sulfide) groups is 1.